The van der Waals surface area contributed by atoms with E-state index >= 15 is 0 Å². The predicted octanol–water partition coefficient (Wildman–Crippen LogP) is 3.84. The van der Waals surface area contributed by atoms with Crippen LogP contribution in [-0.2, 0) is 5.41 Å². The van der Waals surface area contributed by atoms with Crippen molar-refractivity contribution in [3.05, 3.63) is 71.5 Å². The predicted molar refractivity (Wildman–Crippen MR) is 70.8 cm³/mol. The molecular formula is C16H17FO. The zero-order valence-corrected chi connectivity index (χ0v) is 10.6. The van der Waals surface area contributed by atoms with Crippen molar-refractivity contribution < 1.29 is 9.50 Å². The minimum absolute atomic E-state index is 0.324. The summed E-state index contributed by atoms with van der Waals surface area (Å²) in [4.78, 5) is 0. The fourth-order valence-corrected chi connectivity index (χ4v) is 2.12. The maximum absolute atomic E-state index is 13.2. The normalized spacial score (nSPS) is 13.3. The number of aliphatic hydroxyl groups is 1. The standard InChI is InChI=1S/C16H17FO/c1-16(2,13-8-4-3-5-9-13)15(18)12-7-6-10-14(17)11-12/h3-11,15,18H,1-2H3. The van der Waals surface area contributed by atoms with E-state index in [2.05, 4.69) is 0 Å². The molecule has 0 bridgehead atoms. The van der Waals surface area contributed by atoms with Gasteiger partial charge in [-0.15, -0.1) is 0 Å². The molecule has 0 amide bonds. The molecule has 2 aromatic rings. The summed E-state index contributed by atoms with van der Waals surface area (Å²) >= 11 is 0. The van der Waals surface area contributed by atoms with Crippen LogP contribution >= 0.6 is 0 Å². The Morgan fingerprint density at radius 2 is 1.67 bits per heavy atom. The molecule has 0 fully saturated rings. The molecule has 2 rings (SSSR count). The maximum Gasteiger partial charge on any atom is 0.123 e. The average Bonchev–Trinajstić information content (AvgIpc) is 2.39. The minimum Gasteiger partial charge on any atom is -0.388 e. The number of halogens is 1. The SMILES string of the molecule is CC(C)(c1ccccc1)C(O)c1cccc(F)c1. The van der Waals surface area contributed by atoms with Gasteiger partial charge in [-0.25, -0.2) is 4.39 Å². The first-order valence-corrected chi connectivity index (χ1v) is 6.01. The molecule has 0 saturated carbocycles. The molecule has 2 aromatic carbocycles. The highest BCUT2D eigenvalue weighted by Crippen LogP contribution is 2.36. The Morgan fingerprint density at radius 1 is 1.00 bits per heavy atom. The maximum atomic E-state index is 13.2. The van der Waals surface area contributed by atoms with Crippen LogP contribution in [0.1, 0.15) is 31.1 Å². The summed E-state index contributed by atoms with van der Waals surface area (Å²) in [5.41, 5.74) is 1.17. The van der Waals surface area contributed by atoms with Gasteiger partial charge in [-0.3, -0.25) is 0 Å². The third kappa shape index (κ3) is 2.44. The van der Waals surface area contributed by atoms with Crippen LogP contribution in [0.3, 0.4) is 0 Å². The first-order chi connectivity index (χ1) is 8.51. The first kappa shape index (κ1) is 12.8. The third-order valence-corrected chi connectivity index (χ3v) is 3.37. The van der Waals surface area contributed by atoms with Gasteiger partial charge in [0.25, 0.3) is 0 Å². The number of benzene rings is 2. The van der Waals surface area contributed by atoms with Gasteiger partial charge in [-0.2, -0.15) is 0 Å². The largest absolute Gasteiger partial charge is 0.388 e. The van der Waals surface area contributed by atoms with Crippen LogP contribution in [0.2, 0.25) is 0 Å². The van der Waals surface area contributed by atoms with E-state index in [0.717, 1.165) is 5.56 Å². The van der Waals surface area contributed by atoms with E-state index in [4.69, 9.17) is 0 Å². The van der Waals surface area contributed by atoms with Crippen molar-refractivity contribution in [2.45, 2.75) is 25.4 Å². The van der Waals surface area contributed by atoms with Crippen molar-refractivity contribution in [2.75, 3.05) is 0 Å². The first-order valence-electron chi connectivity index (χ1n) is 6.01. The van der Waals surface area contributed by atoms with Gasteiger partial charge in [0.2, 0.25) is 0 Å². The molecule has 94 valence electrons. The van der Waals surface area contributed by atoms with Gasteiger partial charge < -0.3 is 5.11 Å². The van der Waals surface area contributed by atoms with Gasteiger partial charge >= 0.3 is 0 Å². The molecule has 2 heteroatoms. The van der Waals surface area contributed by atoms with Gasteiger partial charge in [0.1, 0.15) is 5.82 Å². The molecule has 0 aliphatic rings. The van der Waals surface area contributed by atoms with E-state index < -0.39 is 11.5 Å². The Bertz CT molecular complexity index is 520. The van der Waals surface area contributed by atoms with Crippen molar-refractivity contribution in [2.24, 2.45) is 0 Å². The molecule has 1 nitrogen and oxygen atoms in total. The Labute approximate surface area is 107 Å². The molecule has 0 spiro atoms. The van der Waals surface area contributed by atoms with E-state index in [9.17, 15) is 9.50 Å². The van der Waals surface area contributed by atoms with Crippen molar-refractivity contribution in [1.82, 2.24) is 0 Å². The summed E-state index contributed by atoms with van der Waals surface area (Å²) in [7, 11) is 0. The van der Waals surface area contributed by atoms with Crippen LogP contribution in [0, 0.1) is 5.82 Å². The second-order valence-electron chi connectivity index (χ2n) is 5.05. The Hall–Kier alpha value is -1.67. The average molecular weight is 244 g/mol. The Morgan fingerprint density at radius 3 is 2.28 bits per heavy atom. The molecule has 0 aliphatic carbocycles. The monoisotopic (exact) mass is 244 g/mol. The van der Waals surface area contributed by atoms with Gasteiger partial charge in [0, 0.05) is 5.41 Å². The number of hydrogen-bond acceptors (Lipinski definition) is 1. The van der Waals surface area contributed by atoms with Crippen molar-refractivity contribution in [3.63, 3.8) is 0 Å². The molecular weight excluding hydrogens is 227 g/mol. The highest BCUT2D eigenvalue weighted by atomic mass is 19.1. The van der Waals surface area contributed by atoms with Crippen LogP contribution in [0.25, 0.3) is 0 Å². The van der Waals surface area contributed by atoms with E-state index in [0.29, 0.717) is 5.56 Å². The van der Waals surface area contributed by atoms with E-state index in [-0.39, 0.29) is 5.82 Å². The fourth-order valence-electron chi connectivity index (χ4n) is 2.12. The van der Waals surface area contributed by atoms with E-state index in [1.54, 1.807) is 12.1 Å². The van der Waals surface area contributed by atoms with Crippen LogP contribution in [-0.4, -0.2) is 5.11 Å². The number of aliphatic hydroxyl groups excluding tert-OH is 1. The number of rotatable bonds is 3. The van der Waals surface area contributed by atoms with E-state index in [1.807, 2.05) is 44.2 Å². The lowest BCUT2D eigenvalue weighted by molar-refractivity contribution is 0.0999. The molecule has 0 aliphatic heterocycles. The van der Waals surface area contributed by atoms with Crippen molar-refractivity contribution in [3.8, 4) is 0 Å². The zero-order valence-electron chi connectivity index (χ0n) is 10.6. The summed E-state index contributed by atoms with van der Waals surface area (Å²) in [6.45, 7) is 3.91. The molecule has 0 radical (unpaired) electrons. The van der Waals surface area contributed by atoms with Gasteiger partial charge in [0.15, 0.2) is 0 Å². The summed E-state index contributed by atoms with van der Waals surface area (Å²) in [6, 6.07) is 15.9. The second-order valence-corrected chi connectivity index (χ2v) is 5.05. The lowest BCUT2D eigenvalue weighted by atomic mass is 9.77. The smallest absolute Gasteiger partial charge is 0.123 e. The van der Waals surface area contributed by atoms with E-state index in [1.165, 1.54) is 12.1 Å². The van der Waals surface area contributed by atoms with Crippen molar-refractivity contribution >= 4 is 0 Å². The Kier molecular flexibility index (Phi) is 3.48. The topological polar surface area (TPSA) is 20.2 Å². The molecule has 1 unspecified atom stereocenters. The third-order valence-electron chi connectivity index (χ3n) is 3.37. The van der Waals surface area contributed by atoms with Crippen LogP contribution in [0.4, 0.5) is 4.39 Å². The highest BCUT2D eigenvalue weighted by molar-refractivity contribution is 5.30. The summed E-state index contributed by atoms with van der Waals surface area (Å²) in [5, 5.41) is 10.5. The van der Waals surface area contributed by atoms with Gasteiger partial charge in [-0.05, 0) is 23.3 Å². The zero-order chi connectivity index (χ0) is 13.2. The Balaban J connectivity index is 2.36. The molecule has 1 N–H and O–H groups in total. The fraction of sp³-hybridized carbons (Fsp3) is 0.250. The summed E-state index contributed by atoms with van der Waals surface area (Å²) < 4.78 is 13.2. The highest BCUT2D eigenvalue weighted by Gasteiger charge is 2.30. The van der Waals surface area contributed by atoms with Crippen LogP contribution < -0.4 is 0 Å². The molecule has 1 atom stereocenters. The molecule has 0 aromatic heterocycles. The summed E-state index contributed by atoms with van der Waals surface area (Å²) in [6.07, 6.45) is -0.740. The molecule has 0 heterocycles. The summed E-state index contributed by atoms with van der Waals surface area (Å²) in [5.74, 6) is -0.324. The number of hydrogen-bond donors (Lipinski definition) is 1. The molecule has 0 saturated heterocycles. The van der Waals surface area contributed by atoms with Gasteiger partial charge in [-0.1, -0.05) is 56.3 Å². The minimum atomic E-state index is -0.740. The van der Waals surface area contributed by atoms with Crippen LogP contribution in [0.5, 0.6) is 0 Å². The van der Waals surface area contributed by atoms with Crippen molar-refractivity contribution in [1.29, 1.82) is 0 Å². The lowest BCUT2D eigenvalue weighted by Gasteiger charge is -2.31. The quantitative estimate of drug-likeness (QED) is 0.869. The van der Waals surface area contributed by atoms with Gasteiger partial charge in [0.05, 0.1) is 6.10 Å². The lowest BCUT2D eigenvalue weighted by Crippen LogP contribution is -2.26. The van der Waals surface area contributed by atoms with Crippen LogP contribution in [0.15, 0.2) is 54.6 Å². The molecule has 18 heavy (non-hydrogen) atoms. The second kappa shape index (κ2) is 4.91.